The molecule has 1 heterocycles. The molecule has 1 aromatic heterocycles. The summed E-state index contributed by atoms with van der Waals surface area (Å²) in [5.74, 6) is 1.03. The van der Waals surface area contributed by atoms with Gasteiger partial charge in [-0.25, -0.2) is 4.39 Å². The summed E-state index contributed by atoms with van der Waals surface area (Å²) in [4.78, 5) is 13.5. The van der Waals surface area contributed by atoms with E-state index < -0.39 is 5.82 Å². The lowest BCUT2D eigenvalue weighted by molar-refractivity contribution is 0.483. The minimum atomic E-state index is -0.404. The third kappa shape index (κ3) is 4.23. The van der Waals surface area contributed by atoms with E-state index in [2.05, 4.69) is 6.07 Å². The molecule has 0 aliphatic rings. The average molecular weight is 450 g/mol. The average Bonchev–Trinajstić information content (AvgIpc) is 2.84. The van der Waals surface area contributed by atoms with Crippen LogP contribution in [0.5, 0.6) is 11.5 Å². The molecule has 34 heavy (non-hydrogen) atoms. The summed E-state index contributed by atoms with van der Waals surface area (Å²) in [6.45, 7) is 4.49. The molecule has 5 aromatic rings. The number of para-hydroxylation sites is 1. The summed E-state index contributed by atoms with van der Waals surface area (Å²) < 4.78 is 22.3. The molecule has 0 N–H and O–H groups in total. The molecule has 4 aromatic carbocycles. The van der Waals surface area contributed by atoms with E-state index in [1.807, 2.05) is 80.6 Å². The van der Waals surface area contributed by atoms with Crippen molar-refractivity contribution in [2.45, 2.75) is 20.4 Å². The van der Waals surface area contributed by atoms with Crippen LogP contribution in [-0.2, 0) is 6.54 Å². The molecule has 0 spiro atoms. The summed E-state index contributed by atoms with van der Waals surface area (Å²) in [5, 5.41) is 0.696. The molecule has 4 heteroatoms. The maximum absolute atomic E-state index is 14.7. The second kappa shape index (κ2) is 8.99. The molecule has 0 bridgehead atoms. The summed E-state index contributed by atoms with van der Waals surface area (Å²) in [6, 6.07) is 29.7. The number of halogens is 1. The van der Waals surface area contributed by atoms with Crippen LogP contribution in [0.1, 0.15) is 16.7 Å². The Bertz CT molecular complexity index is 1540. The van der Waals surface area contributed by atoms with E-state index in [1.54, 1.807) is 22.8 Å². The fourth-order valence-corrected chi connectivity index (χ4v) is 4.25. The maximum atomic E-state index is 14.7. The number of nitrogens with zero attached hydrogens (tertiary/aromatic N) is 1. The van der Waals surface area contributed by atoms with Gasteiger partial charge in [0.1, 0.15) is 17.3 Å². The van der Waals surface area contributed by atoms with Gasteiger partial charge in [0.2, 0.25) is 0 Å². The molecule has 0 saturated heterocycles. The number of pyridine rings is 1. The predicted octanol–water partition coefficient (Wildman–Crippen LogP) is 7.27. The van der Waals surface area contributed by atoms with Gasteiger partial charge in [0.15, 0.2) is 0 Å². The molecule has 0 aliphatic carbocycles. The van der Waals surface area contributed by atoms with Gasteiger partial charge in [0, 0.05) is 5.39 Å². The van der Waals surface area contributed by atoms with Crippen LogP contribution >= 0.6 is 0 Å². The normalized spacial score (nSPS) is 11.0. The summed E-state index contributed by atoms with van der Waals surface area (Å²) in [6.07, 6.45) is 0. The van der Waals surface area contributed by atoms with E-state index in [9.17, 15) is 9.18 Å². The molecular formula is C30H24FNO2. The molecule has 0 amide bonds. The van der Waals surface area contributed by atoms with Gasteiger partial charge in [-0.15, -0.1) is 0 Å². The molecule has 0 atom stereocenters. The third-order valence-electron chi connectivity index (χ3n) is 6.06. The van der Waals surface area contributed by atoms with Crippen molar-refractivity contribution in [2.75, 3.05) is 0 Å². The van der Waals surface area contributed by atoms with Gasteiger partial charge in [-0.05, 0) is 85.1 Å². The first-order valence-corrected chi connectivity index (χ1v) is 11.2. The Morgan fingerprint density at radius 1 is 0.765 bits per heavy atom. The minimum absolute atomic E-state index is 0.211. The number of aromatic nitrogens is 1. The van der Waals surface area contributed by atoms with E-state index in [4.69, 9.17) is 4.74 Å². The van der Waals surface area contributed by atoms with E-state index in [0.717, 1.165) is 22.4 Å². The SMILES string of the molecule is Cc1ccc(Cn2c(-c3ccc(Oc4ccccc4)cc3)cc3c(F)cccc3c2=O)c(C)c1. The smallest absolute Gasteiger partial charge is 0.259 e. The largest absolute Gasteiger partial charge is 0.457 e. The van der Waals surface area contributed by atoms with Crippen LogP contribution in [0, 0.1) is 19.7 Å². The molecule has 0 unspecified atom stereocenters. The molecule has 3 nitrogen and oxygen atoms in total. The standard InChI is InChI=1S/C30H24FNO2/c1-20-11-12-23(21(2)17-20)19-32-29(18-27-26(30(32)33)9-6-10-28(27)31)22-13-15-25(16-14-22)34-24-7-4-3-5-8-24/h3-18H,19H2,1-2H3. The van der Waals surface area contributed by atoms with Gasteiger partial charge >= 0.3 is 0 Å². The lowest BCUT2D eigenvalue weighted by atomic mass is 10.0. The predicted molar refractivity (Wildman–Crippen MR) is 135 cm³/mol. The summed E-state index contributed by atoms with van der Waals surface area (Å²) >= 11 is 0. The number of aryl methyl sites for hydroxylation is 2. The van der Waals surface area contributed by atoms with Crippen molar-refractivity contribution in [3.05, 3.63) is 130 Å². The van der Waals surface area contributed by atoms with E-state index in [1.165, 1.54) is 11.6 Å². The Morgan fingerprint density at radius 2 is 1.50 bits per heavy atom. The van der Waals surface area contributed by atoms with Crippen LogP contribution in [0.15, 0.2) is 102 Å². The number of hydrogen-bond donors (Lipinski definition) is 0. The second-order valence-corrected chi connectivity index (χ2v) is 8.49. The second-order valence-electron chi connectivity index (χ2n) is 8.49. The highest BCUT2D eigenvalue weighted by atomic mass is 19.1. The number of hydrogen-bond acceptors (Lipinski definition) is 2. The van der Waals surface area contributed by atoms with Gasteiger partial charge in [0.05, 0.1) is 17.6 Å². The quantitative estimate of drug-likeness (QED) is 0.283. The Labute approximate surface area is 197 Å². The Morgan fingerprint density at radius 3 is 2.24 bits per heavy atom. The van der Waals surface area contributed by atoms with Crippen LogP contribution in [-0.4, -0.2) is 4.57 Å². The van der Waals surface area contributed by atoms with Crippen molar-refractivity contribution >= 4 is 10.8 Å². The molecule has 0 aliphatic heterocycles. The molecule has 5 rings (SSSR count). The van der Waals surface area contributed by atoms with Crippen LogP contribution in [0.3, 0.4) is 0 Å². The van der Waals surface area contributed by atoms with Crippen LogP contribution in [0.4, 0.5) is 4.39 Å². The highest BCUT2D eigenvalue weighted by Gasteiger charge is 2.15. The first-order chi connectivity index (χ1) is 16.5. The lowest BCUT2D eigenvalue weighted by Crippen LogP contribution is -2.23. The third-order valence-corrected chi connectivity index (χ3v) is 6.06. The van der Waals surface area contributed by atoms with Gasteiger partial charge in [0.25, 0.3) is 5.56 Å². The molecule has 0 fully saturated rings. The fraction of sp³-hybridized carbons (Fsp3) is 0.100. The number of fused-ring (bicyclic) bond motifs is 1. The first-order valence-electron chi connectivity index (χ1n) is 11.2. The fourth-order valence-electron chi connectivity index (χ4n) is 4.25. The minimum Gasteiger partial charge on any atom is -0.457 e. The van der Waals surface area contributed by atoms with Crippen molar-refractivity contribution in [1.82, 2.24) is 4.57 Å². The molecule has 0 radical (unpaired) electrons. The zero-order valence-corrected chi connectivity index (χ0v) is 19.1. The molecule has 0 saturated carbocycles. The van der Waals surface area contributed by atoms with Gasteiger partial charge in [-0.1, -0.05) is 48.0 Å². The number of benzene rings is 4. The van der Waals surface area contributed by atoms with E-state index >= 15 is 0 Å². The highest BCUT2D eigenvalue weighted by Crippen LogP contribution is 2.28. The van der Waals surface area contributed by atoms with Crippen LogP contribution in [0.25, 0.3) is 22.0 Å². The first kappa shape index (κ1) is 21.7. The Balaban J connectivity index is 1.62. The highest BCUT2D eigenvalue weighted by molar-refractivity contribution is 5.86. The van der Waals surface area contributed by atoms with Gasteiger partial charge < -0.3 is 9.30 Å². The van der Waals surface area contributed by atoms with Crippen molar-refractivity contribution in [2.24, 2.45) is 0 Å². The van der Waals surface area contributed by atoms with E-state index in [0.29, 0.717) is 28.8 Å². The molecule has 168 valence electrons. The zero-order chi connectivity index (χ0) is 23.7. The molecular weight excluding hydrogens is 425 g/mol. The van der Waals surface area contributed by atoms with Crippen molar-refractivity contribution < 1.29 is 9.13 Å². The topological polar surface area (TPSA) is 31.2 Å². The summed E-state index contributed by atoms with van der Waals surface area (Å²) in [7, 11) is 0. The van der Waals surface area contributed by atoms with Crippen LogP contribution < -0.4 is 10.3 Å². The zero-order valence-electron chi connectivity index (χ0n) is 19.1. The van der Waals surface area contributed by atoms with Crippen molar-refractivity contribution in [1.29, 1.82) is 0 Å². The lowest BCUT2D eigenvalue weighted by Gasteiger charge is -2.17. The van der Waals surface area contributed by atoms with E-state index in [-0.39, 0.29) is 5.56 Å². The van der Waals surface area contributed by atoms with Gasteiger partial charge in [-0.2, -0.15) is 0 Å². The maximum Gasteiger partial charge on any atom is 0.259 e. The number of rotatable bonds is 5. The Hall–Kier alpha value is -4.18. The Kier molecular flexibility index (Phi) is 5.72. The monoisotopic (exact) mass is 449 g/mol. The number of ether oxygens (including phenoxy) is 1. The summed E-state index contributed by atoms with van der Waals surface area (Å²) in [5.41, 5.74) is 4.60. The van der Waals surface area contributed by atoms with Crippen LogP contribution in [0.2, 0.25) is 0 Å². The van der Waals surface area contributed by atoms with Crippen molar-refractivity contribution in [3.8, 4) is 22.8 Å². The van der Waals surface area contributed by atoms with Gasteiger partial charge in [-0.3, -0.25) is 4.79 Å². The van der Waals surface area contributed by atoms with Crippen molar-refractivity contribution in [3.63, 3.8) is 0 Å².